The van der Waals surface area contributed by atoms with E-state index in [1.54, 1.807) is 30.3 Å². The zero-order valence-corrected chi connectivity index (χ0v) is 19.8. The molecule has 3 unspecified atom stereocenters. The van der Waals surface area contributed by atoms with Gasteiger partial charge in [0, 0.05) is 0 Å². The number of carboxylic acids is 2. The molecule has 0 aliphatic heterocycles. The van der Waals surface area contributed by atoms with E-state index in [1.807, 2.05) is 0 Å². The number of hydrogen-bond donors (Lipinski definition) is 2. The van der Waals surface area contributed by atoms with Crippen LogP contribution in [0.4, 0.5) is 0 Å². The predicted molar refractivity (Wildman–Crippen MR) is 130 cm³/mol. The average Bonchev–Trinajstić information content (AvgIpc) is 2.88. The molecule has 0 saturated carbocycles. The van der Waals surface area contributed by atoms with Crippen molar-refractivity contribution in [2.75, 3.05) is 0 Å². The Morgan fingerprint density at radius 3 is 1.29 bits per heavy atom. The van der Waals surface area contributed by atoms with Crippen molar-refractivity contribution in [2.24, 2.45) is 0 Å². The quantitative estimate of drug-likeness (QED) is 0.301. The Labute approximate surface area is 216 Å². The average molecular weight is 518 g/mol. The van der Waals surface area contributed by atoms with Gasteiger partial charge in [0.2, 0.25) is 0 Å². The molecule has 0 aliphatic carbocycles. The van der Waals surface area contributed by atoms with Crippen molar-refractivity contribution in [1.29, 1.82) is 0 Å². The topological polar surface area (TPSA) is 161 Å². The van der Waals surface area contributed by atoms with Crippen molar-refractivity contribution in [3.8, 4) is 0 Å². The van der Waals surface area contributed by atoms with Gasteiger partial charge in [0.15, 0.2) is 11.8 Å². The standard InChI is InChI=1S/C28H22O10/c29-21(37-27(35)22(24(30)31)18-12-6-2-7-13-18)16-20(17-10-4-1-5-11-17)26(34)38-28(36)23(25(32)33)19-14-8-3-9-15-19/h1-15,20,22-23H,16H2,(H,30,31)(H,32,33). The van der Waals surface area contributed by atoms with Crippen LogP contribution in [-0.4, -0.2) is 46.0 Å². The van der Waals surface area contributed by atoms with E-state index in [1.165, 1.54) is 60.7 Å². The molecule has 3 aromatic rings. The molecular formula is C28H22O10. The third-order valence-electron chi connectivity index (χ3n) is 5.50. The molecule has 194 valence electrons. The summed E-state index contributed by atoms with van der Waals surface area (Å²) in [4.78, 5) is 74.2. The van der Waals surface area contributed by atoms with Crippen LogP contribution in [0.1, 0.15) is 40.9 Å². The van der Waals surface area contributed by atoms with Gasteiger partial charge in [0.1, 0.15) is 0 Å². The van der Waals surface area contributed by atoms with E-state index in [2.05, 4.69) is 0 Å². The van der Waals surface area contributed by atoms with Gasteiger partial charge in [0.25, 0.3) is 0 Å². The largest absolute Gasteiger partial charge is 0.480 e. The predicted octanol–water partition coefficient (Wildman–Crippen LogP) is 3.04. The number of aliphatic carboxylic acids is 2. The summed E-state index contributed by atoms with van der Waals surface area (Å²) in [5, 5.41) is 19.0. The molecule has 0 amide bonds. The highest BCUT2D eigenvalue weighted by molar-refractivity contribution is 6.06. The van der Waals surface area contributed by atoms with Gasteiger partial charge in [-0.15, -0.1) is 0 Å². The Morgan fingerprint density at radius 1 is 0.526 bits per heavy atom. The molecule has 0 fully saturated rings. The lowest BCUT2D eigenvalue weighted by Crippen LogP contribution is -2.30. The number of rotatable bonds is 10. The Balaban J connectivity index is 1.79. The van der Waals surface area contributed by atoms with Gasteiger partial charge >= 0.3 is 35.8 Å². The van der Waals surface area contributed by atoms with Gasteiger partial charge in [0.05, 0.1) is 12.3 Å². The third-order valence-corrected chi connectivity index (χ3v) is 5.50. The molecular weight excluding hydrogens is 496 g/mol. The molecule has 2 N–H and O–H groups in total. The SMILES string of the molecule is O=C(CC(C(=O)OC(=O)C(C(=O)O)c1ccccc1)c1ccccc1)OC(=O)C(C(=O)O)c1ccccc1. The highest BCUT2D eigenvalue weighted by Crippen LogP contribution is 2.26. The van der Waals surface area contributed by atoms with E-state index in [4.69, 9.17) is 9.47 Å². The van der Waals surface area contributed by atoms with Crippen molar-refractivity contribution < 1.29 is 48.5 Å². The second-order valence-corrected chi connectivity index (χ2v) is 8.06. The Kier molecular flexibility index (Phi) is 9.20. The molecule has 3 atom stereocenters. The number of carboxylic acid groups (broad SMARTS) is 2. The summed E-state index contributed by atoms with van der Waals surface area (Å²) in [7, 11) is 0. The van der Waals surface area contributed by atoms with E-state index in [0.717, 1.165) is 0 Å². The van der Waals surface area contributed by atoms with Crippen LogP contribution < -0.4 is 0 Å². The van der Waals surface area contributed by atoms with Crippen molar-refractivity contribution in [1.82, 2.24) is 0 Å². The summed E-state index contributed by atoms with van der Waals surface area (Å²) in [6.45, 7) is 0. The molecule has 0 bridgehead atoms. The lowest BCUT2D eigenvalue weighted by Gasteiger charge is -2.17. The molecule has 0 spiro atoms. The number of hydrogen-bond acceptors (Lipinski definition) is 8. The van der Waals surface area contributed by atoms with Gasteiger partial charge in [-0.25, -0.2) is 0 Å². The van der Waals surface area contributed by atoms with E-state index in [9.17, 15) is 39.0 Å². The van der Waals surface area contributed by atoms with Crippen LogP contribution >= 0.6 is 0 Å². The first kappa shape index (κ1) is 27.5. The monoisotopic (exact) mass is 518 g/mol. The zero-order chi connectivity index (χ0) is 27.7. The van der Waals surface area contributed by atoms with Crippen LogP contribution in [0.25, 0.3) is 0 Å². The molecule has 10 nitrogen and oxygen atoms in total. The molecule has 3 rings (SSSR count). The van der Waals surface area contributed by atoms with Crippen LogP contribution in [0.2, 0.25) is 0 Å². The fourth-order valence-corrected chi connectivity index (χ4v) is 3.68. The normalized spacial score (nSPS) is 12.8. The number of esters is 4. The first-order valence-electron chi connectivity index (χ1n) is 11.3. The molecule has 38 heavy (non-hydrogen) atoms. The van der Waals surface area contributed by atoms with Crippen molar-refractivity contribution >= 4 is 35.8 Å². The summed E-state index contributed by atoms with van der Waals surface area (Å²) in [5.74, 6) is -13.3. The summed E-state index contributed by atoms with van der Waals surface area (Å²) in [6, 6.07) is 22.5. The van der Waals surface area contributed by atoms with Crippen LogP contribution in [0.5, 0.6) is 0 Å². The number of benzene rings is 3. The van der Waals surface area contributed by atoms with Crippen LogP contribution in [0.15, 0.2) is 91.0 Å². The fourth-order valence-electron chi connectivity index (χ4n) is 3.68. The van der Waals surface area contributed by atoms with Crippen molar-refractivity contribution in [2.45, 2.75) is 24.2 Å². The molecule has 0 heterocycles. The first-order chi connectivity index (χ1) is 18.2. The maximum Gasteiger partial charge on any atom is 0.332 e. The number of ether oxygens (including phenoxy) is 2. The maximum atomic E-state index is 13.0. The summed E-state index contributed by atoms with van der Waals surface area (Å²) in [5.41, 5.74) is 0.391. The summed E-state index contributed by atoms with van der Waals surface area (Å²) < 4.78 is 9.61. The Bertz CT molecular complexity index is 1320. The molecule has 10 heteroatoms. The zero-order valence-electron chi connectivity index (χ0n) is 19.8. The molecule has 0 radical (unpaired) electrons. The lowest BCUT2D eigenvalue weighted by molar-refractivity contribution is -0.170. The molecule has 0 aliphatic rings. The van der Waals surface area contributed by atoms with Crippen LogP contribution in [-0.2, 0) is 38.2 Å². The third kappa shape index (κ3) is 6.97. The summed E-state index contributed by atoms with van der Waals surface area (Å²) in [6.07, 6.45) is -0.786. The number of carbonyl (C=O) groups excluding carboxylic acids is 4. The van der Waals surface area contributed by atoms with Crippen LogP contribution in [0.3, 0.4) is 0 Å². The highest BCUT2D eigenvalue weighted by Gasteiger charge is 2.36. The van der Waals surface area contributed by atoms with Gasteiger partial charge in [-0.3, -0.25) is 28.8 Å². The van der Waals surface area contributed by atoms with Crippen molar-refractivity contribution in [3.63, 3.8) is 0 Å². The van der Waals surface area contributed by atoms with E-state index < -0.39 is 60.0 Å². The minimum atomic E-state index is -1.80. The minimum Gasteiger partial charge on any atom is -0.480 e. The second kappa shape index (κ2) is 12.7. The van der Waals surface area contributed by atoms with E-state index >= 15 is 0 Å². The van der Waals surface area contributed by atoms with Gasteiger partial charge in [-0.05, 0) is 16.7 Å². The molecule has 3 aromatic carbocycles. The molecule has 0 aromatic heterocycles. The maximum absolute atomic E-state index is 13.0. The van der Waals surface area contributed by atoms with Gasteiger partial charge < -0.3 is 19.7 Å². The first-order valence-corrected chi connectivity index (χ1v) is 11.3. The minimum absolute atomic E-state index is 0.0830. The highest BCUT2D eigenvalue weighted by atomic mass is 16.6. The van der Waals surface area contributed by atoms with E-state index in [-0.39, 0.29) is 16.7 Å². The fraction of sp³-hybridized carbons (Fsp3) is 0.143. The van der Waals surface area contributed by atoms with Crippen molar-refractivity contribution in [3.05, 3.63) is 108 Å². The summed E-state index contributed by atoms with van der Waals surface area (Å²) >= 11 is 0. The Morgan fingerprint density at radius 2 is 0.895 bits per heavy atom. The van der Waals surface area contributed by atoms with Crippen LogP contribution in [0, 0.1) is 0 Å². The molecule has 0 saturated heterocycles. The van der Waals surface area contributed by atoms with Gasteiger partial charge in [-0.2, -0.15) is 0 Å². The lowest BCUT2D eigenvalue weighted by atomic mass is 9.95. The Hall–Kier alpha value is -5.12. The van der Waals surface area contributed by atoms with E-state index in [0.29, 0.717) is 0 Å². The van der Waals surface area contributed by atoms with Gasteiger partial charge in [-0.1, -0.05) is 91.0 Å². The smallest absolute Gasteiger partial charge is 0.332 e. The second-order valence-electron chi connectivity index (χ2n) is 8.06. The number of carbonyl (C=O) groups is 6.